The second-order valence-corrected chi connectivity index (χ2v) is 4.93. The van der Waals surface area contributed by atoms with Crippen molar-refractivity contribution in [3.63, 3.8) is 0 Å². The lowest BCUT2D eigenvalue weighted by atomic mass is 9.99. The van der Waals surface area contributed by atoms with Crippen LogP contribution in [0.2, 0.25) is 0 Å². The van der Waals surface area contributed by atoms with Crippen molar-refractivity contribution < 1.29 is 8.78 Å². The molecule has 0 radical (unpaired) electrons. The molecule has 3 heteroatoms. The summed E-state index contributed by atoms with van der Waals surface area (Å²) in [6.45, 7) is 5.05. The SMILES string of the molecule is CCCNC(C)c1ccc(F)c(-c2cccc(F)c2)c1. The van der Waals surface area contributed by atoms with Crippen LogP contribution in [0.25, 0.3) is 11.1 Å². The molecule has 0 aliphatic rings. The van der Waals surface area contributed by atoms with E-state index in [4.69, 9.17) is 0 Å². The number of halogens is 2. The molecular weight excluding hydrogens is 256 g/mol. The Bertz CT molecular complexity index is 581. The maximum atomic E-state index is 14.0. The van der Waals surface area contributed by atoms with Crippen LogP contribution in [0.15, 0.2) is 42.5 Å². The lowest BCUT2D eigenvalue weighted by Gasteiger charge is -2.15. The maximum Gasteiger partial charge on any atom is 0.131 e. The molecule has 2 aromatic rings. The summed E-state index contributed by atoms with van der Waals surface area (Å²) in [5.41, 5.74) is 2.00. The van der Waals surface area contributed by atoms with Crippen LogP contribution in [-0.2, 0) is 0 Å². The van der Waals surface area contributed by atoms with Crippen LogP contribution in [0.4, 0.5) is 8.78 Å². The van der Waals surface area contributed by atoms with Gasteiger partial charge in [0.25, 0.3) is 0 Å². The molecule has 2 rings (SSSR count). The van der Waals surface area contributed by atoms with E-state index in [1.165, 1.54) is 18.2 Å². The molecule has 0 amide bonds. The van der Waals surface area contributed by atoms with Crippen LogP contribution in [0, 0.1) is 11.6 Å². The average Bonchev–Trinajstić information content (AvgIpc) is 2.45. The minimum absolute atomic E-state index is 0.142. The third-order valence-electron chi connectivity index (χ3n) is 3.33. The van der Waals surface area contributed by atoms with Crippen molar-refractivity contribution in [2.24, 2.45) is 0 Å². The molecule has 0 fully saturated rings. The molecule has 0 heterocycles. The zero-order valence-corrected chi connectivity index (χ0v) is 11.8. The molecule has 1 N–H and O–H groups in total. The van der Waals surface area contributed by atoms with E-state index in [2.05, 4.69) is 12.2 Å². The molecule has 106 valence electrons. The Morgan fingerprint density at radius 2 is 1.90 bits per heavy atom. The van der Waals surface area contributed by atoms with E-state index in [1.807, 2.05) is 6.92 Å². The van der Waals surface area contributed by atoms with Gasteiger partial charge in [-0.15, -0.1) is 0 Å². The highest BCUT2D eigenvalue weighted by Crippen LogP contribution is 2.26. The third-order valence-corrected chi connectivity index (χ3v) is 3.33. The summed E-state index contributed by atoms with van der Waals surface area (Å²) in [5.74, 6) is -0.688. The highest BCUT2D eigenvalue weighted by Gasteiger charge is 2.10. The first-order chi connectivity index (χ1) is 9.61. The van der Waals surface area contributed by atoms with Gasteiger partial charge in [0, 0.05) is 11.6 Å². The molecule has 0 saturated carbocycles. The van der Waals surface area contributed by atoms with E-state index in [0.29, 0.717) is 11.1 Å². The summed E-state index contributed by atoms with van der Waals surface area (Å²) < 4.78 is 27.2. The fourth-order valence-corrected chi connectivity index (χ4v) is 2.17. The van der Waals surface area contributed by atoms with Gasteiger partial charge >= 0.3 is 0 Å². The highest BCUT2D eigenvalue weighted by atomic mass is 19.1. The predicted octanol–water partition coefficient (Wildman–Crippen LogP) is 4.69. The largest absolute Gasteiger partial charge is 0.310 e. The van der Waals surface area contributed by atoms with Gasteiger partial charge < -0.3 is 5.32 Å². The fraction of sp³-hybridized carbons (Fsp3) is 0.294. The molecule has 0 aliphatic heterocycles. The minimum Gasteiger partial charge on any atom is -0.310 e. The number of benzene rings is 2. The molecule has 1 nitrogen and oxygen atoms in total. The molecule has 0 aromatic heterocycles. The fourth-order valence-electron chi connectivity index (χ4n) is 2.17. The number of hydrogen-bond donors (Lipinski definition) is 1. The summed E-state index contributed by atoms with van der Waals surface area (Å²) in [6, 6.07) is 11.2. The van der Waals surface area contributed by atoms with Crippen molar-refractivity contribution in [1.29, 1.82) is 0 Å². The molecule has 20 heavy (non-hydrogen) atoms. The Balaban J connectivity index is 2.34. The van der Waals surface area contributed by atoms with Gasteiger partial charge in [0.2, 0.25) is 0 Å². The van der Waals surface area contributed by atoms with Crippen molar-refractivity contribution in [1.82, 2.24) is 5.32 Å². The van der Waals surface area contributed by atoms with Crippen LogP contribution in [0.5, 0.6) is 0 Å². The van der Waals surface area contributed by atoms with Gasteiger partial charge in [-0.3, -0.25) is 0 Å². The summed E-state index contributed by atoms with van der Waals surface area (Å²) in [5, 5.41) is 3.36. The maximum absolute atomic E-state index is 14.0. The molecule has 1 atom stereocenters. The van der Waals surface area contributed by atoms with Gasteiger partial charge in [0.05, 0.1) is 0 Å². The second kappa shape index (κ2) is 6.62. The van der Waals surface area contributed by atoms with Crippen LogP contribution in [-0.4, -0.2) is 6.54 Å². The predicted molar refractivity (Wildman–Crippen MR) is 78.5 cm³/mol. The monoisotopic (exact) mass is 275 g/mol. The van der Waals surface area contributed by atoms with Gasteiger partial charge in [-0.2, -0.15) is 0 Å². The summed E-state index contributed by atoms with van der Waals surface area (Å²) >= 11 is 0. The minimum atomic E-state index is -0.357. The van der Waals surface area contributed by atoms with E-state index in [1.54, 1.807) is 24.3 Å². The van der Waals surface area contributed by atoms with Crippen LogP contribution < -0.4 is 5.32 Å². The topological polar surface area (TPSA) is 12.0 Å². The van der Waals surface area contributed by atoms with Crippen molar-refractivity contribution in [2.45, 2.75) is 26.3 Å². The van der Waals surface area contributed by atoms with E-state index in [-0.39, 0.29) is 17.7 Å². The van der Waals surface area contributed by atoms with Gasteiger partial charge in [0.15, 0.2) is 0 Å². The normalized spacial score (nSPS) is 12.4. The molecule has 1 unspecified atom stereocenters. The Morgan fingerprint density at radius 1 is 1.10 bits per heavy atom. The Morgan fingerprint density at radius 3 is 2.60 bits per heavy atom. The molecular formula is C17H19F2N. The van der Waals surface area contributed by atoms with E-state index in [0.717, 1.165) is 18.5 Å². The molecule has 0 spiro atoms. The van der Waals surface area contributed by atoms with Crippen molar-refractivity contribution >= 4 is 0 Å². The number of nitrogens with one attached hydrogen (secondary N) is 1. The van der Waals surface area contributed by atoms with Gasteiger partial charge in [-0.05, 0) is 55.3 Å². The average molecular weight is 275 g/mol. The quantitative estimate of drug-likeness (QED) is 0.834. The molecule has 0 bridgehead atoms. The van der Waals surface area contributed by atoms with Crippen LogP contribution in [0.3, 0.4) is 0 Å². The van der Waals surface area contributed by atoms with Gasteiger partial charge in [-0.25, -0.2) is 8.78 Å². The lowest BCUT2D eigenvalue weighted by molar-refractivity contribution is 0.568. The number of hydrogen-bond acceptors (Lipinski definition) is 1. The Labute approximate surface area is 118 Å². The standard InChI is InChI=1S/C17H19F2N/c1-3-9-20-12(2)13-7-8-17(19)16(11-13)14-5-4-6-15(18)10-14/h4-8,10-12,20H,3,9H2,1-2H3. The summed E-state index contributed by atoms with van der Waals surface area (Å²) in [6.07, 6.45) is 1.04. The van der Waals surface area contributed by atoms with Crippen LogP contribution >= 0.6 is 0 Å². The van der Waals surface area contributed by atoms with E-state index >= 15 is 0 Å². The van der Waals surface area contributed by atoms with Crippen molar-refractivity contribution in [3.8, 4) is 11.1 Å². The second-order valence-electron chi connectivity index (χ2n) is 4.93. The van der Waals surface area contributed by atoms with Crippen molar-refractivity contribution in [2.75, 3.05) is 6.54 Å². The number of rotatable bonds is 5. The Hall–Kier alpha value is -1.74. The van der Waals surface area contributed by atoms with E-state index < -0.39 is 0 Å². The van der Waals surface area contributed by atoms with Gasteiger partial charge in [0.1, 0.15) is 11.6 Å². The molecule has 2 aromatic carbocycles. The first kappa shape index (κ1) is 14.7. The lowest BCUT2D eigenvalue weighted by Crippen LogP contribution is -2.19. The zero-order valence-electron chi connectivity index (χ0n) is 11.8. The first-order valence-electron chi connectivity index (χ1n) is 6.90. The zero-order chi connectivity index (χ0) is 14.5. The summed E-state index contributed by atoms with van der Waals surface area (Å²) in [7, 11) is 0. The van der Waals surface area contributed by atoms with Gasteiger partial charge in [-0.1, -0.05) is 25.1 Å². The third kappa shape index (κ3) is 3.42. The molecule has 0 aliphatic carbocycles. The molecule has 0 saturated heterocycles. The van der Waals surface area contributed by atoms with Crippen LogP contribution in [0.1, 0.15) is 31.9 Å². The summed E-state index contributed by atoms with van der Waals surface area (Å²) in [4.78, 5) is 0. The van der Waals surface area contributed by atoms with Crippen molar-refractivity contribution in [3.05, 3.63) is 59.7 Å². The van der Waals surface area contributed by atoms with E-state index in [9.17, 15) is 8.78 Å². The smallest absolute Gasteiger partial charge is 0.131 e. The highest BCUT2D eigenvalue weighted by molar-refractivity contribution is 5.65. The first-order valence-corrected chi connectivity index (χ1v) is 6.90. The Kier molecular flexibility index (Phi) is 4.85.